The summed E-state index contributed by atoms with van der Waals surface area (Å²) < 4.78 is 46.0. The van der Waals surface area contributed by atoms with Crippen LogP contribution in [0.25, 0.3) is 0 Å². The Kier molecular flexibility index (Phi) is 5.59. The van der Waals surface area contributed by atoms with Gasteiger partial charge in [-0.1, -0.05) is 11.6 Å². The van der Waals surface area contributed by atoms with Crippen molar-refractivity contribution in [2.75, 3.05) is 13.1 Å². The molecule has 1 N–H and O–H groups in total. The number of carboxylic acid groups (broad SMARTS) is 1. The topological polar surface area (TPSA) is 110 Å². The van der Waals surface area contributed by atoms with E-state index in [0.29, 0.717) is 17.9 Å². The minimum atomic E-state index is -4.01. The highest BCUT2D eigenvalue weighted by molar-refractivity contribution is 7.89. The van der Waals surface area contributed by atoms with Crippen molar-refractivity contribution in [3.8, 4) is 6.01 Å². The molecular weight excluding hydrogens is 401 g/mol. The summed E-state index contributed by atoms with van der Waals surface area (Å²) in [5.41, 5.74) is -0.699. The van der Waals surface area contributed by atoms with E-state index in [2.05, 4.69) is 9.97 Å². The molecule has 1 aliphatic rings. The van der Waals surface area contributed by atoms with E-state index in [9.17, 15) is 17.6 Å². The van der Waals surface area contributed by atoms with Gasteiger partial charge in [0.25, 0.3) is 0 Å². The first-order chi connectivity index (χ1) is 12.8. The van der Waals surface area contributed by atoms with Gasteiger partial charge in [-0.05, 0) is 31.0 Å². The summed E-state index contributed by atoms with van der Waals surface area (Å²) in [7, 11) is -4.01. The van der Waals surface area contributed by atoms with E-state index < -0.39 is 33.5 Å². The van der Waals surface area contributed by atoms with Crippen LogP contribution < -0.4 is 4.74 Å². The molecule has 2 heterocycles. The molecule has 1 aromatic heterocycles. The molecule has 1 aliphatic heterocycles. The first-order valence-electron chi connectivity index (χ1n) is 7.94. The molecule has 8 nitrogen and oxygen atoms in total. The Bertz CT molecular complexity index is 955. The van der Waals surface area contributed by atoms with Gasteiger partial charge in [0.05, 0.1) is 34.4 Å². The maximum Gasteiger partial charge on any atom is 0.338 e. The number of sulfonamides is 1. The molecule has 1 aromatic carbocycles. The lowest BCUT2D eigenvalue weighted by atomic mass is 10.1. The zero-order chi connectivity index (χ0) is 19.6. The van der Waals surface area contributed by atoms with Crippen molar-refractivity contribution >= 4 is 27.6 Å². The van der Waals surface area contributed by atoms with Crippen LogP contribution in [0.3, 0.4) is 0 Å². The summed E-state index contributed by atoms with van der Waals surface area (Å²) in [6, 6.07) is 2.78. The highest BCUT2D eigenvalue weighted by Gasteiger charge is 2.32. The van der Waals surface area contributed by atoms with E-state index in [0.717, 1.165) is 18.2 Å². The zero-order valence-corrected chi connectivity index (χ0v) is 15.5. The third-order valence-corrected chi connectivity index (χ3v) is 6.07. The molecule has 2 aromatic rings. The van der Waals surface area contributed by atoms with Gasteiger partial charge in [0.2, 0.25) is 10.0 Å². The number of nitrogens with zero attached hydrogens (tertiary/aromatic N) is 3. The van der Waals surface area contributed by atoms with Crippen LogP contribution in [-0.2, 0) is 10.0 Å². The lowest BCUT2D eigenvalue weighted by Crippen LogP contribution is -2.44. The summed E-state index contributed by atoms with van der Waals surface area (Å²) in [6.07, 6.45) is 3.39. The number of piperidine rings is 1. The van der Waals surface area contributed by atoms with Crippen LogP contribution in [0.4, 0.5) is 4.39 Å². The molecule has 1 atom stereocenters. The first kappa shape index (κ1) is 19.5. The monoisotopic (exact) mass is 415 g/mol. The van der Waals surface area contributed by atoms with Crippen molar-refractivity contribution in [1.82, 2.24) is 14.3 Å². The molecule has 0 saturated carbocycles. The SMILES string of the molecule is O=C(O)c1cc(S(=O)(=O)N2CCCC(Oc3ncc(Cl)cn3)C2)ccc1F. The predicted octanol–water partition coefficient (Wildman–Crippen LogP) is 2.20. The number of halogens is 2. The fourth-order valence-corrected chi connectivity index (χ4v) is 4.34. The Morgan fingerprint density at radius 3 is 2.70 bits per heavy atom. The van der Waals surface area contributed by atoms with Gasteiger partial charge < -0.3 is 9.84 Å². The third kappa shape index (κ3) is 4.34. The van der Waals surface area contributed by atoms with Crippen LogP contribution in [0, 0.1) is 5.82 Å². The van der Waals surface area contributed by atoms with Gasteiger partial charge in [-0.3, -0.25) is 0 Å². The molecule has 0 amide bonds. The van der Waals surface area contributed by atoms with E-state index in [4.69, 9.17) is 21.4 Å². The summed E-state index contributed by atoms with van der Waals surface area (Å²) in [5.74, 6) is -2.54. The maximum absolute atomic E-state index is 13.6. The molecule has 11 heteroatoms. The Labute approximate surface area is 159 Å². The van der Waals surface area contributed by atoms with Crippen LogP contribution in [0.15, 0.2) is 35.5 Å². The van der Waals surface area contributed by atoms with Crippen LogP contribution >= 0.6 is 11.6 Å². The first-order valence-corrected chi connectivity index (χ1v) is 9.76. The Balaban J connectivity index is 1.79. The molecule has 1 unspecified atom stereocenters. The number of carbonyl (C=O) groups is 1. The number of ether oxygens (including phenoxy) is 1. The summed E-state index contributed by atoms with van der Waals surface area (Å²) in [5, 5.41) is 9.35. The lowest BCUT2D eigenvalue weighted by Gasteiger charge is -2.31. The van der Waals surface area contributed by atoms with Gasteiger partial charge in [-0.25, -0.2) is 27.6 Å². The normalized spacial score (nSPS) is 18.2. The van der Waals surface area contributed by atoms with E-state index >= 15 is 0 Å². The van der Waals surface area contributed by atoms with Crippen LogP contribution in [0.5, 0.6) is 6.01 Å². The number of aromatic carboxylic acids is 1. The van der Waals surface area contributed by atoms with Gasteiger partial charge >= 0.3 is 12.0 Å². The maximum atomic E-state index is 13.6. The molecule has 1 fully saturated rings. The number of hydrogen-bond donors (Lipinski definition) is 1. The summed E-state index contributed by atoms with van der Waals surface area (Å²) >= 11 is 5.71. The number of rotatable bonds is 5. The van der Waals surface area contributed by atoms with Crippen molar-refractivity contribution < 1.29 is 27.4 Å². The van der Waals surface area contributed by atoms with Gasteiger partial charge in [-0.2, -0.15) is 4.31 Å². The fourth-order valence-electron chi connectivity index (χ4n) is 2.71. The van der Waals surface area contributed by atoms with Crippen LogP contribution in [0.1, 0.15) is 23.2 Å². The summed E-state index contributed by atoms with van der Waals surface area (Å²) in [6.45, 7) is 0.275. The summed E-state index contributed by atoms with van der Waals surface area (Å²) in [4.78, 5) is 18.6. The Morgan fingerprint density at radius 2 is 2.04 bits per heavy atom. The van der Waals surface area contributed by atoms with Gasteiger partial charge in [0, 0.05) is 6.54 Å². The molecule has 0 radical (unpaired) electrons. The average molecular weight is 416 g/mol. The number of aromatic nitrogens is 2. The Morgan fingerprint density at radius 1 is 1.33 bits per heavy atom. The standard InChI is InChI=1S/C16H15ClFN3O5S/c17-10-7-19-16(20-8-10)26-11-2-1-5-21(9-11)27(24,25)12-3-4-14(18)13(6-12)15(22)23/h3-4,6-8,11H,1-2,5,9H2,(H,22,23). The van der Waals surface area contributed by atoms with Crippen LogP contribution in [0.2, 0.25) is 5.02 Å². The molecule has 144 valence electrons. The Hall–Kier alpha value is -2.30. The zero-order valence-electron chi connectivity index (χ0n) is 13.9. The third-order valence-electron chi connectivity index (χ3n) is 4.02. The lowest BCUT2D eigenvalue weighted by molar-refractivity contribution is 0.0691. The second-order valence-corrected chi connectivity index (χ2v) is 8.25. The molecular formula is C16H15ClFN3O5S. The molecule has 0 spiro atoms. The smallest absolute Gasteiger partial charge is 0.338 e. The van der Waals surface area contributed by atoms with Crippen molar-refractivity contribution in [3.63, 3.8) is 0 Å². The number of carboxylic acids is 1. The largest absolute Gasteiger partial charge is 0.478 e. The number of hydrogen-bond acceptors (Lipinski definition) is 6. The van der Waals surface area contributed by atoms with E-state index in [1.54, 1.807) is 0 Å². The molecule has 0 bridgehead atoms. The van der Waals surface area contributed by atoms with Crippen molar-refractivity contribution in [2.45, 2.75) is 23.8 Å². The van der Waals surface area contributed by atoms with E-state index in [1.165, 1.54) is 16.7 Å². The fraction of sp³-hybridized carbons (Fsp3) is 0.312. The minimum absolute atomic E-state index is 0.0358. The molecule has 27 heavy (non-hydrogen) atoms. The van der Waals surface area contributed by atoms with Gasteiger partial charge in [-0.15, -0.1) is 0 Å². The number of benzene rings is 1. The highest BCUT2D eigenvalue weighted by Crippen LogP contribution is 2.24. The second kappa shape index (κ2) is 7.75. The molecule has 3 rings (SSSR count). The minimum Gasteiger partial charge on any atom is -0.478 e. The predicted molar refractivity (Wildman–Crippen MR) is 92.8 cm³/mol. The van der Waals surface area contributed by atoms with Crippen molar-refractivity contribution in [1.29, 1.82) is 0 Å². The highest BCUT2D eigenvalue weighted by atomic mass is 35.5. The molecule has 1 saturated heterocycles. The van der Waals surface area contributed by atoms with Crippen molar-refractivity contribution in [2.24, 2.45) is 0 Å². The van der Waals surface area contributed by atoms with Gasteiger partial charge in [0.1, 0.15) is 11.9 Å². The van der Waals surface area contributed by atoms with Crippen molar-refractivity contribution in [3.05, 3.63) is 47.0 Å². The van der Waals surface area contributed by atoms with Crippen LogP contribution in [-0.4, -0.2) is 53.0 Å². The van der Waals surface area contributed by atoms with Gasteiger partial charge in [0.15, 0.2) is 0 Å². The van der Waals surface area contributed by atoms with E-state index in [-0.39, 0.29) is 24.0 Å². The van der Waals surface area contributed by atoms with E-state index in [1.807, 2.05) is 0 Å². The second-order valence-electron chi connectivity index (χ2n) is 5.88. The average Bonchev–Trinajstić information content (AvgIpc) is 2.64. The molecule has 0 aliphatic carbocycles. The quantitative estimate of drug-likeness (QED) is 0.797.